The largest absolute Gasteiger partial charge is 0.497 e. The Hall–Kier alpha value is -3.54. The van der Waals surface area contributed by atoms with Crippen molar-refractivity contribution in [2.45, 2.75) is 31.1 Å². The van der Waals surface area contributed by atoms with Gasteiger partial charge in [0.1, 0.15) is 16.7 Å². The lowest BCUT2D eigenvalue weighted by Crippen LogP contribution is -2.33. The molecule has 1 saturated heterocycles. The summed E-state index contributed by atoms with van der Waals surface area (Å²) in [5.74, 6) is -1.21. The molecule has 1 aromatic heterocycles. The zero-order valence-electron chi connectivity index (χ0n) is 19.0. The number of carbonyl (C=O) groups excluding carboxylic acids is 1. The summed E-state index contributed by atoms with van der Waals surface area (Å²) in [5.41, 5.74) is -1.12. The molecule has 0 bridgehead atoms. The van der Waals surface area contributed by atoms with E-state index in [-0.39, 0.29) is 54.8 Å². The van der Waals surface area contributed by atoms with E-state index < -0.39 is 29.5 Å². The van der Waals surface area contributed by atoms with Crippen LogP contribution < -0.4 is 20.3 Å². The Balaban J connectivity index is 1.46. The highest BCUT2D eigenvalue weighted by Crippen LogP contribution is 2.28. The smallest absolute Gasteiger partial charge is 0.287 e. The van der Waals surface area contributed by atoms with E-state index in [1.807, 2.05) is 6.07 Å². The van der Waals surface area contributed by atoms with Crippen LogP contribution in [-0.4, -0.2) is 64.7 Å². The molecule has 11 heteroatoms. The van der Waals surface area contributed by atoms with Crippen molar-refractivity contribution in [2.24, 2.45) is 0 Å². The maximum Gasteiger partial charge on any atom is 0.287 e. The number of fused-ring (bicyclic) bond motifs is 1. The molecule has 4 N–H and O–H groups in total. The number of ether oxygens (including phenoxy) is 3. The highest BCUT2D eigenvalue weighted by atomic mass is 19.1. The summed E-state index contributed by atoms with van der Waals surface area (Å²) in [6.07, 6.45) is 0.164. The van der Waals surface area contributed by atoms with Crippen LogP contribution in [0.3, 0.4) is 0 Å². The molecule has 2 aromatic carbocycles. The topological polar surface area (TPSA) is 143 Å². The predicted octanol–water partition coefficient (Wildman–Crippen LogP) is 1.28. The molecule has 0 saturated carbocycles. The number of amides is 1. The van der Waals surface area contributed by atoms with Gasteiger partial charge in [-0.05, 0) is 29.8 Å². The van der Waals surface area contributed by atoms with Gasteiger partial charge in [0, 0.05) is 19.4 Å². The van der Waals surface area contributed by atoms with Crippen LogP contribution in [0.5, 0.6) is 11.5 Å². The van der Waals surface area contributed by atoms with Crippen molar-refractivity contribution in [3.8, 4) is 11.5 Å². The van der Waals surface area contributed by atoms with Crippen LogP contribution in [0.1, 0.15) is 29.0 Å². The van der Waals surface area contributed by atoms with E-state index in [1.54, 1.807) is 25.3 Å². The zero-order valence-corrected chi connectivity index (χ0v) is 19.0. The minimum Gasteiger partial charge on any atom is -0.497 e. The van der Waals surface area contributed by atoms with Crippen LogP contribution in [0.25, 0.3) is 10.9 Å². The maximum absolute atomic E-state index is 14.5. The molecule has 4 rings (SSSR count). The Morgan fingerprint density at radius 1 is 1.37 bits per heavy atom. The number of hydrogen-bond donors (Lipinski definition) is 4. The first-order valence-corrected chi connectivity index (χ1v) is 11.0. The van der Waals surface area contributed by atoms with E-state index in [4.69, 9.17) is 14.2 Å². The number of aliphatic hydroxyl groups excluding tert-OH is 1. The number of rotatable bonds is 9. The predicted molar refractivity (Wildman–Crippen MR) is 123 cm³/mol. The molecule has 0 spiro atoms. The summed E-state index contributed by atoms with van der Waals surface area (Å²) in [6, 6.07) is 9.56. The second kappa shape index (κ2) is 10.4. The third kappa shape index (κ3) is 5.59. The van der Waals surface area contributed by atoms with E-state index >= 15 is 0 Å². The molecule has 0 aliphatic carbocycles. The molecule has 0 radical (unpaired) electrons. The third-order valence-corrected chi connectivity index (χ3v) is 5.76. The van der Waals surface area contributed by atoms with E-state index in [1.165, 1.54) is 6.07 Å². The van der Waals surface area contributed by atoms with Crippen molar-refractivity contribution in [2.75, 3.05) is 26.9 Å². The van der Waals surface area contributed by atoms with Crippen molar-refractivity contribution in [1.82, 2.24) is 15.3 Å². The van der Waals surface area contributed by atoms with Gasteiger partial charge in [-0.1, -0.05) is 12.1 Å². The van der Waals surface area contributed by atoms with Crippen LogP contribution in [0.15, 0.2) is 41.2 Å². The first-order chi connectivity index (χ1) is 16.8. The van der Waals surface area contributed by atoms with Gasteiger partial charge in [-0.25, -0.2) is 9.37 Å². The molecule has 10 nitrogen and oxygen atoms in total. The molecular weight excluding hydrogens is 461 g/mol. The van der Waals surface area contributed by atoms with Gasteiger partial charge in [0.2, 0.25) is 0 Å². The average molecular weight is 487 g/mol. The first kappa shape index (κ1) is 24.6. The molecule has 1 aliphatic heterocycles. The lowest BCUT2D eigenvalue weighted by molar-refractivity contribution is -0.0218. The fraction of sp³-hybridized carbons (Fsp3) is 0.375. The van der Waals surface area contributed by atoms with Crippen molar-refractivity contribution < 1.29 is 33.6 Å². The Bertz CT molecular complexity index is 1280. The number of hydrogen-bond acceptors (Lipinski definition) is 8. The Kier molecular flexibility index (Phi) is 7.29. The lowest BCUT2D eigenvalue weighted by atomic mass is 10.0. The van der Waals surface area contributed by atoms with Crippen LogP contribution in [0.2, 0.25) is 0 Å². The van der Waals surface area contributed by atoms with Crippen molar-refractivity contribution >= 4 is 16.8 Å². The molecule has 1 fully saturated rings. The summed E-state index contributed by atoms with van der Waals surface area (Å²) in [7, 11) is 1.54. The second-order valence-electron chi connectivity index (χ2n) is 8.38. The summed E-state index contributed by atoms with van der Waals surface area (Å²) < 4.78 is 30.7. The van der Waals surface area contributed by atoms with Crippen molar-refractivity contribution in [1.29, 1.82) is 0 Å². The number of methoxy groups -OCH3 is 1. The lowest BCUT2D eigenvalue weighted by Gasteiger charge is -2.16. The van der Waals surface area contributed by atoms with Gasteiger partial charge in [0.15, 0.2) is 17.4 Å². The molecule has 186 valence electrons. The maximum atomic E-state index is 14.5. The molecule has 2 unspecified atom stereocenters. The van der Waals surface area contributed by atoms with Gasteiger partial charge in [-0.2, -0.15) is 0 Å². The molecule has 3 aromatic rings. The molecule has 2 heterocycles. The number of nitrogens with zero attached hydrogens (tertiary/aromatic N) is 1. The van der Waals surface area contributed by atoms with E-state index in [0.717, 1.165) is 11.6 Å². The van der Waals surface area contributed by atoms with Crippen molar-refractivity contribution in [3.63, 3.8) is 0 Å². The van der Waals surface area contributed by atoms with Crippen LogP contribution in [-0.2, 0) is 11.3 Å². The number of aromatic nitrogens is 2. The number of carbonyl (C=O) groups is 1. The van der Waals surface area contributed by atoms with Gasteiger partial charge in [0.25, 0.3) is 11.5 Å². The second-order valence-corrected chi connectivity index (χ2v) is 8.38. The number of halogens is 1. The Morgan fingerprint density at radius 2 is 2.20 bits per heavy atom. The third-order valence-electron chi connectivity index (χ3n) is 5.76. The Labute approximate surface area is 199 Å². The Morgan fingerprint density at radius 3 is 2.94 bits per heavy atom. The summed E-state index contributed by atoms with van der Waals surface area (Å²) in [5, 5.41) is 21.8. The van der Waals surface area contributed by atoms with Gasteiger partial charge in [-0.15, -0.1) is 0 Å². The standard InChI is InChI=1S/C24H26FN3O7/c1-33-15-4-2-3-14(9-15)11-26-23(31)21-27-18-6-5-17(25)20(19(18)22(30)28-21)34-8-7-16-10-24(32,12-29)13-35-16/h2-6,9,16,29,32H,7-8,10-13H2,1H3,(H,26,31)(H,27,28,30). The van der Waals surface area contributed by atoms with Gasteiger partial charge >= 0.3 is 0 Å². The number of aliphatic hydroxyl groups is 2. The molecule has 35 heavy (non-hydrogen) atoms. The van der Waals surface area contributed by atoms with Gasteiger partial charge in [0.05, 0.1) is 38.6 Å². The van der Waals surface area contributed by atoms with Gasteiger partial charge < -0.3 is 34.7 Å². The van der Waals surface area contributed by atoms with Crippen molar-refractivity contribution in [3.05, 3.63) is 64.0 Å². The van der Waals surface area contributed by atoms with E-state index in [2.05, 4.69) is 15.3 Å². The zero-order chi connectivity index (χ0) is 25.0. The SMILES string of the molecule is COc1cccc(CNC(=O)c2nc3ccc(F)c(OCCC4CC(O)(CO)CO4)c3c(=O)[nH]2)c1. The molecule has 1 amide bonds. The summed E-state index contributed by atoms with van der Waals surface area (Å²) in [6.45, 7) is -0.226. The van der Waals surface area contributed by atoms with Gasteiger partial charge in [-0.3, -0.25) is 9.59 Å². The monoisotopic (exact) mass is 487 g/mol. The normalized spacial score (nSPS) is 19.6. The highest BCUT2D eigenvalue weighted by molar-refractivity contribution is 5.93. The molecule has 2 atom stereocenters. The summed E-state index contributed by atoms with van der Waals surface area (Å²) >= 11 is 0. The van der Waals surface area contributed by atoms with Crippen LogP contribution in [0, 0.1) is 5.82 Å². The fourth-order valence-electron chi connectivity index (χ4n) is 3.88. The minimum atomic E-state index is -1.29. The van der Waals surface area contributed by atoms with Crippen LogP contribution in [0.4, 0.5) is 4.39 Å². The molecular formula is C24H26FN3O7. The minimum absolute atomic E-state index is 0.00302. The van der Waals surface area contributed by atoms with E-state index in [9.17, 15) is 24.2 Å². The first-order valence-electron chi connectivity index (χ1n) is 11.0. The molecule has 1 aliphatic rings. The van der Waals surface area contributed by atoms with E-state index in [0.29, 0.717) is 12.2 Å². The fourth-order valence-corrected chi connectivity index (χ4v) is 3.88. The number of nitrogens with one attached hydrogen (secondary N) is 2. The quantitative estimate of drug-likeness (QED) is 0.354. The summed E-state index contributed by atoms with van der Waals surface area (Å²) in [4.78, 5) is 31.9. The number of H-pyrrole nitrogens is 1. The number of aromatic amines is 1. The van der Waals surface area contributed by atoms with Crippen LogP contribution >= 0.6 is 0 Å². The average Bonchev–Trinajstić information content (AvgIpc) is 3.25. The number of benzene rings is 2. The highest BCUT2D eigenvalue weighted by Gasteiger charge is 2.37.